The molecule has 0 unspecified atom stereocenters. The molecule has 0 spiro atoms. The fourth-order valence-electron chi connectivity index (χ4n) is 2.14. The van der Waals surface area contributed by atoms with Gasteiger partial charge in [0, 0.05) is 17.8 Å². The van der Waals surface area contributed by atoms with Crippen LogP contribution in [0.3, 0.4) is 0 Å². The molecule has 0 aliphatic rings. The second kappa shape index (κ2) is 6.90. The molecule has 0 aliphatic carbocycles. The lowest BCUT2D eigenvalue weighted by Gasteiger charge is -2.13. The van der Waals surface area contributed by atoms with Gasteiger partial charge in [0.25, 0.3) is 5.91 Å². The second-order valence-corrected chi connectivity index (χ2v) is 4.97. The molecule has 21 heavy (non-hydrogen) atoms. The van der Waals surface area contributed by atoms with Crippen LogP contribution in [-0.2, 0) is 11.3 Å². The number of nitrogens with one attached hydrogen (secondary N) is 1. The molecule has 1 amide bonds. The molecule has 0 aromatic heterocycles. The number of hydrogen-bond acceptors (Lipinski definition) is 3. The second-order valence-electron chi connectivity index (χ2n) is 4.97. The zero-order valence-corrected chi connectivity index (χ0v) is 12.3. The minimum atomic E-state index is -0.188. The van der Waals surface area contributed by atoms with E-state index in [2.05, 4.69) is 5.32 Å². The molecule has 0 atom stereocenters. The van der Waals surface area contributed by atoms with Gasteiger partial charge in [0.15, 0.2) is 6.61 Å². The Hall–Kier alpha value is -2.33. The van der Waals surface area contributed by atoms with Gasteiger partial charge in [-0.3, -0.25) is 4.79 Å². The Labute approximate surface area is 124 Å². The number of rotatable bonds is 5. The fourth-order valence-corrected chi connectivity index (χ4v) is 2.14. The molecule has 110 valence electrons. The molecule has 0 aliphatic heterocycles. The van der Waals surface area contributed by atoms with Crippen molar-refractivity contribution in [3.63, 3.8) is 0 Å². The first kappa shape index (κ1) is 15.1. The summed E-state index contributed by atoms with van der Waals surface area (Å²) in [5.41, 5.74) is 9.43. The summed E-state index contributed by atoms with van der Waals surface area (Å²) < 4.78 is 5.63. The van der Waals surface area contributed by atoms with Crippen LogP contribution in [0.1, 0.15) is 16.7 Å². The fraction of sp³-hybridized carbons (Fsp3) is 0.235. The highest BCUT2D eigenvalue weighted by Gasteiger charge is 2.09. The minimum Gasteiger partial charge on any atom is -0.483 e. The predicted molar refractivity (Wildman–Crippen MR) is 84.4 cm³/mol. The third-order valence-corrected chi connectivity index (χ3v) is 3.16. The standard InChI is InChI=1S/C17H20N2O2/c1-12-5-3-8-15(9-12)19-16(20)11-21-17-13(2)6-4-7-14(17)10-18/h3-9H,10-11,18H2,1-2H3,(H,19,20). The SMILES string of the molecule is Cc1cccc(NC(=O)COc2c(C)cccc2CN)c1. The van der Waals surface area contributed by atoms with Crippen molar-refractivity contribution in [2.75, 3.05) is 11.9 Å². The van der Waals surface area contributed by atoms with Crippen molar-refractivity contribution in [3.05, 3.63) is 59.2 Å². The first-order chi connectivity index (χ1) is 10.1. The molecule has 4 heteroatoms. The number of ether oxygens (including phenoxy) is 1. The summed E-state index contributed by atoms with van der Waals surface area (Å²) in [6.07, 6.45) is 0. The Morgan fingerprint density at radius 2 is 1.95 bits per heavy atom. The zero-order valence-electron chi connectivity index (χ0n) is 12.3. The van der Waals surface area contributed by atoms with Crippen LogP contribution in [0.25, 0.3) is 0 Å². The summed E-state index contributed by atoms with van der Waals surface area (Å²) in [6.45, 7) is 4.27. The van der Waals surface area contributed by atoms with E-state index >= 15 is 0 Å². The summed E-state index contributed by atoms with van der Waals surface area (Å²) in [5, 5.41) is 2.81. The van der Waals surface area contributed by atoms with E-state index in [0.29, 0.717) is 12.3 Å². The van der Waals surface area contributed by atoms with Gasteiger partial charge >= 0.3 is 0 Å². The van der Waals surface area contributed by atoms with Crippen LogP contribution in [0, 0.1) is 13.8 Å². The van der Waals surface area contributed by atoms with Gasteiger partial charge < -0.3 is 15.8 Å². The van der Waals surface area contributed by atoms with Gasteiger partial charge in [0.1, 0.15) is 5.75 Å². The summed E-state index contributed by atoms with van der Waals surface area (Å²) in [5.74, 6) is 0.506. The predicted octanol–water partition coefficient (Wildman–Crippen LogP) is 2.78. The van der Waals surface area contributed by atoms with Crippen LogP contribution in [0.2, 0.25) is 0 Å². The quantitative estimate of drug-likeness (QED) is 0.887. The Bertz CT molecular complexity index is 638. The van der Waals surface area contributed by atoms with E-state index in [0.717, 1.165) is 22.4 Å². The molecule has 3 N–H and O–H groups in total. The van der Waals surface area contributed by atoms with Crippen molar-refractivity contribution >= 4 is 11.6 Å². The molecular formula is C17H20N2O2. The Morgan fingerprint density at radius 1 is 1.19 bits per heavy atom. The molecule has 2 rings (SSSR count). The van der Waals surface area contributed by atoms with Gasteiger partial charge in [-0.25, -0.2) is 0 Å². The van der Waals surface area contributed by atoms with Gasteiger partial charge in [-0.05, 0) is 37.1 Å². The lowest BCUT2D eigenvalue weighted by Crippen LogP contribution is -2.21. The molecule has 2 aromatic rings. The van der Waals surface area contributed by atoms with Crippen molar-refractivity contribution in [1.29, 1.82) is 0 Å². The number of aryl methyl sites for hydroxylation is 2. The minimum absolute atomic E-state index is 0.0359. The normalized spacial score (nSPS) is 10.2. The topological polar surface area (TPSA) is 64.3 Å². The number of carbonyl (C=O) groups excluding carboxylic acids is 1. The molecule has 2 aromatic carbocycles. The highest BCUT2D eigenvalue weighted by Crippen LogP contribution is 2.22. The highest BCUT2D eigenvalue weighted by atomic mass is 16.5. The molecule has 0 saturated heterocycles. The highest BCUT2D eigenvalue weighted by molar-refractivity contribution is 5.91. The summed E-state index contributed by atoms with van der Waals surface area (Å²) >= 11 is 0. The van der Waals surface area contributed by atoms with Crippen molar-refractivity contribution < 1.29 is 9.53 Å². The van der Waals surface area contributed by atoms with Gasteiger partial charge in [-0.15, -0.1) is 0 Å². The van der Waals surface area contributed by atoms with E-state index < -0.39 is 0 Å². The van der Waals surface area contributed by atoms with Gasteiger partial charge in [-0.2, -0.15) is 0 Å². The van der Waals surface area contributed by atoms with E-state index in [1.807, 2.05) is 56.3 Å². The largest absolute Gasteiger partial charge is 0.483 e. The van der Waals surface area contributed by atoms with Crippen molar-refractivity contribution in [2.24, 2.45) is 5.73 Å². The van der Waals surface area contributed by atoms with Crippen molar-refractivity contribution in [2.45, 2.75) is 20.4 Å². The van der Waals surface area contributed by atoms with Crippen molar-refractivity contribution in [3.8, 4) is 5.75 Å². The number of para-hydroxylation sites is 1. The summed E-state index contributed by atoms with van der Waals surface area (Å²) in [7, 11) is 0. The maximum atomic E-state index is 11.9. The van der Waals surface area contributed by atoms with Gasteiger partial charge in [-0.1, -0.05) is 30.3 Å². The van der Waals surface area contributed by atoms with E-state index in [9.17, 15) is 4.79 Å². The number of hydrogen-bond donors (Lipinski definition) is 2. The van der Waals surface area contributed by atoms with Crippen LogP contribution < -0.4 is 15.8 Å². The number of nitrogens with two attached hydrogens (primary N) is 1. The smallest absolute Gasteiger partial charge is 0.262 e. The lowest BCUT2D eigenvalue weighted by molar-refractivity contribution is -0.118. The molecule has 0 heterocycles. The Morgan fingerprint density at radius 3 is 2.67 bits per heavy atom. The van der Waals surface area contributed by atoms with Crippen LogP contribution >= 0.6 is 0 Å². The third-order valence-electron chi connectivity index (χ3n) is 3.16. The molecule has 0 radical (unpaired) electrons. The van der Waals surface area contributed by atoms with Gasteiger partial charge in [0.05, 0.1) is 0 Å². The molecule has 0 bridgehead atoms. The first-order valence-corrected chi connectivity index (χ1v) is 6.88. The zero-order chi connectivity index (χ0) is 15.2. The van der Waals surface area contributed by atoms with Crippen LogP contribution in [0.4, 0.5) is 5.69 Å². The average Bonchev–Trinajstić information content (AvgIpc) is 2.45. The Balaban J connectivity index is 1.99. The Kier molecular flexibility index (Phi) is 4.95. The lowest BCUT2D eigenvalue weighted by atomic mass is 10.1. The van der Waals surface area contributed by atoms with E-state index in [1.165, 1.54) is 0 Å². The summed E-state index contributed by atoms with van der Waals surface area (Å²) in [4.78, 5) is 11.9. The van der Waals surface area contributed by atoms with Crippen LogP contribution in [0.15, 0.2) is 42.5 Å². The third kappa shape index (κ3) is 4.07. The maximum absolute atomic E-state index is 11.9. The van der Waals surface area contributed by atoms with Crippen LogP contribution in [-0.4, -0.2) is 12.5 Å². The van der Waals surface area contributed by atoms with Gasteiger partial charge in [0.2, 0.25) is 0 Å². The van der Waals surface area contributed by atoms with Crippen LogP contribution in [0.5, 0.6) is 5.75 Å². The van der Waals surface area contributed by atoms with E-state index in [4.69, 9.17) is 10.5 Å². The van der Waals surface area contributed by atoms with Crippen molar-refractivity contribution in [1.82, 2.24) is 0 Å². The number of benzene rings is 2. The number of carbonyl (C=O) groups is 1. The molecule has 4 nitrogen and oxygen atoms in total. The first-order valence-electron chi connectivity index (χ1n) is 6.88. The van der Waals surface area contributed by atoms with E-state index in [-0.39, 0.29) is 12.5 Å². The summed E-state index contributed by atoms with van der Waals surface area (Å²) in [6, 6.07) is 13.4. The molecule has 0 fully saturated rings. The molecular weight excluding hydrogens is 264 g/mol. The monoisotopic (exact) mass is 284 g/mol. The molecule has 0 saturated carbocycles. The average molecular weight is 284 g/mol. The maximum Gasteiger partial charge on any atom is 0.262 e. The number of amides is 1. The number of anilines is 1. The van der Waals surface area contributed by atoms with E-state index in [1.54, 1.807) is 0 Å².